The van der Waals surface area contributed by atoms with Gasteiger partial charge in [-0.2, -0.15) is 0 Å². The lowest BCUT2D eigenvalue weighted by molar-refractivity contribution is 0.568. The molecule has 3 aromatic rings. The molecule has 5 heteroatoms. The van der Waals surface area contributed by atoms with Crippen LogP contribution in [0.25, 0.3) is 11.3 Å². The highest BCUT2D eigenvalue weighted by molar-refractivity contribution is 7.14. The van der Waals surface area contributed by atoms with Crippen LogP contribution >= 0.6 is 11.3 Å². The van der Waals surface area contributed by atoms with Gasteiger partial charge >= 0.3 is 0 Å². The van der Waals surface area contributed by atoms with E-state index in [2.05, 4.69) is 15.3 Å². The van der Waals surface area contributed by atoms with Crippen LogP contribution in [0.1, 0.15) is 0 Å². The van der Waals surface area contributed by atoms with Crippen LogP contribution in [-0.4, -0.2) is 9.97 Å². The summed E-state index contributed by atoms with van der Waals surface area (Å²) in [6, 6.07) is 5.72. The Morgan fingerprint density at radius 3 is 3.06 bits per heavy atom. The molecule has 0 saturated heterocycles. The SMILES string of the molecule is c1cncc(Nc2nc(-c3ccoc3)cs2)c1. The van der Waals surface area contributed by atoms with Gasteiger partial charge in [-0.1, -0.05) is 0 Å². The molecule has 0 fully saturated rings. The summed E-state index contributed by atoms with van der Waals surface area (Å²) in [6.07, 6.45) is 6.83. The molecule has 0 bridgehead atoms. The third kappa shape index (κ3) is 2.19. The minimum absolute atomic E-state index is 0.842. The molecule has 0 unspecified atom stereocenters. The molecule has 3 aromatic heterocycles. The number of nitrogens with zero attached hydrogens (tertiary/aromatic N) is 2. The van der Waals surface area contributed by atoms with E-state index >= 15 is 0 Å². The Bertz CT molecular complexity index is 589. The average molecular weight is 243 g/mol. The highest BCUT2D eigenvalue weighted by Gasteiger charge is 2.05. The van der Waals surface area contributed by atoms with E-state index in [1.165, 1.54) is 0 Å². The second-order valence-electron chi connectivity index (χ2n) is 3.42. The molecule has 1 N–H and O–H groups in total. The first-order chi connectivity index (χ1) is 8.42. The van der Waals surface area contributed by atoms with Crippen molar-refractivity contribution in [3.05, 3.63) is 48.5 Å². The standard InChI is InChI=1S/C12H9N3OS/c1-2-10(6-13-4-1)14-12-15-11(8-17-12)9-3-5-16-7-9/h1-8H,(H,14,15). The molecular formula is C12H9N3OS. The molecule has 17 heavy (non-hydrogen) atoms. The number of aromatic nitrogens is 2. The highest BCUT2D eigenvalue weighted by Crippen LogP contribution is 2.26. The quantitative estimate of drug-likeness (QED) is 0.764. The number of pyridine rings is 1. The molecule has 0 aliphatic carbocycles. The van der Waals surface area contributed by atoms with Crippen LogP contribution < -0.4 is 5.32 Å². The van der Waals surface area contributed by atoms with Crippen molar-refractivity contribution in [1.82, 2.24) is 9.97 Å². The third-order valence-electron chi connectivity index (χ3n) is 2.23. The maximum absolute atomic E-state index is 5.03. The zero-order valence-electron chi connectivity index (χ0n) is 8.83. The molecule has 0 saturated carbocycles. The molecule has 0 aromatic carbocycles. The molecule has 0 aliphatic heterocycles. The summed E-state index contributed by atoms with van der Waals surface area (Å²) in [5, 5.41) is 6.03. The molecule has 84 valence electrons. The van der Waals surface area contributed by atoms with E-state index in [1.807, 2.05) is 23.6 Å². The van der Waals surface area contributed by atoms with Crippen LogP contribution in [0.4, 0.5) is 10.8 Å². The largest absolute Gasteiger partial charge is 0.472 e. The summed E-state index contributed by atoms with van der Waals surface area (Å²) in [7, 11) is 0. The molecule has 0 amide bonds. The van der Waals surface area contributed by atoms with Gasteiger partial charge in [-0.3, -0.25) is 4.98 Å². The van der Waals surface area contributed by atoms with Gasteiger partial charge in [0.25, 0.3) is 0 Å². The smallest absolute Gasteiger partial charge is 0.187 e. The van der Waals surface area contributed by atoms with E-state index in [0.29, 0.717) is 0 Å². The van der Waals surface area contributed by atoms with E-state index in [4.69, 9.17) is 4.42 Å². The van der Waals surface area contributed by atoms with Crippen molar-refractivity contribution in [2.45, 2.75) is 0 Å². The number of hydrogen-bond acceptors (Lipinski definition) is 5. The first-order valence-electron chi connectivity index (χ1n) is 5.07. The van der Waals surface area contributed by atoms with Crippen molar-refractivity contribution in [1.29, 1.82) is 0 Å². The molecule has 4 nitrogen and oxygen atoms in total. The molecule has 0 aliphatic rings. The van der Waals surface area contributed by atoms with Crippen molar-refractivity contribution in [2.75, 3.05) is 5.32 Å². The molecule has 0 atom stereocenters. The van der Waals surface area contributed by atoms with E-state index in [9.17, 15) is 0 Å². The van der Waals surface area contributed by atoms with Crippen molar-refractivity contribution in [2.24, 2.45) is 0 Å². The van der Waals surface area contributed by atoms with Crippen LogP contribution in [0.3, 0.4) is 0 Å². The fourth-order valence-corrected chi connectivity index (χ4v) is 2.17. The number of anilines is 2. The monoisotopic (exact) mass is 243 g/mol. The zero-order chi connectivity index (χ0) is 11.5. The summed E-state index contributed by atoms with van der Waals surface area (Å²) in [6.45, 7) is 0. The predicted octanol–water partition coefficient (Wildman–Crippen LogP) is 3.54. The molecular weight excluding hydrogens is 234 g/mol. The van der Waals surface area contributed by atoms with E-state index in [1.54, 1.807) is 36.3 Å². The Labute approximate surface area is 102 Å². The molecule has 3 heterocycles. The van der Waals surface area contributed by atoms with Gasteiger partial charge in [0.1, 0.15) is 0 Å². The average Bonchev–Trinajstić information content (AvgIpc) is 3.00. The van der Waals surface area contributed by atoms with Crippen LogP contribution in [0, 0.1) is 0 Å². The Hall–Kier alpha value is -2.14. The number of furan rings is 1. The van der Waals surface area contributed by atoms with Gasteiger partial charge in [-0.25, -0.2) is 4.98 Å². The minimum atomic E-state index is 0.842. The van der Waals surface area contributed by atoms with Crippen molar-refractivity contribution in [3.63, 3.8) is 0 Å². The lowest BCUT2D eigenvalue weighted by atomic mass is 10.3. The fourth-order valence-electron chi connectivity index (χ4n) is 1.43. The predicted molar refractivity (Wildman–Crippen MR) is 67.3 cm³/mol. The normalized spacial score (nSPS) is 10.4. The first-order valence-corrected chi connectivity index (χ1v) is 5.95. The lowest BCUT2D eigenvalue weighted by Gasteiger charge is -1.99. The van der Waals surface area contributed by atoms with Crippen LogP contribution in [0.5, 0.6) is 0 Å². The van der Waals surface area contributed by atoms with Crippen LogP contribution in [0.15, 0.2) is 52.9 Å². The van der Waals surface area contributed by atoms with Gasteiger partial charge in [0.2, 0.25) is 0 Å². The van der Waals surface area contributed by atoms with Crippen molar-refractivity contribution >= 4 is 22.2 Å². The Morgan fingerprint density at radius 1 is 1.29 bits per heavy atom. The van der Waals surface area contributed by atoms with Gasteiger partial charge in [0.05, 0.1) is 30.1 Å². The molecule has 0 radical (unpaired) electrons. The van der Waals surface area contributed by atoms with Gasteiger partial charge in [-0.15, -0.1) is 11.3 Å². The first kappa shape index (κ1) is 10.0. The van der Waals surface area contributed by atoms with Gasteiger partial charge in [-0.05, 0) is 18.2 Å². The topological polar surface area (TPSA) is 51.0 Å². The summed E-state index contributed by atoms with van der Waals surface area (Å²) >= 11 is 1.55. The Kier molecular flexibility index (Phi) is 2.59. The Morgan fingerprint density at radius 2 is 2.29 bits per heavy atom. The molecule has 3 rings (SSSR count). The third-order valence-corrected chi connectivity index (χ3v) is 2.99. The number of rotatable bonds is 3. The van der Waals surface area contributed by atoms with E-state index < -0.39 is 0 Å². The van der Waals surface area contributed by atoms with Gasteiger partial charge < -0.3 is 9.73 Å². The summed E-state index contributed by atoms with van der Waals surface area (Å²) < 4.78 is 5.03. The van der Waals surface area contributed by atoms with Gasteiger partial charge in [0, 0.05) is 17.1 Å². The maximum atomic E-state index is 5.03. The van der Waals surface area contributed by atoms with Crippen molar-refractivity contribution < 1.29 is 4.42 Å². The van der Waals surface area contributed by atoms with E-state index in [0.717, 1.165) is 22.1 Å². The zero-order valence-corrected chi connectivity index (χ0v) is 9.65. The minimum Gasteiger partial charge on any atom is -0.472 e. The summed E-state index contributed by atoms with van der Waals surface area (Å²) in [5.74, 6) is 0. The fraction of sp³-hybridized carbons (Fsp3) is 0. The second-order valence-corrected chi connectivity index (χ2v) is 4.27. The second kappa shape index (κ2) is 4.39. The summed E-state index contributed by atoms with van der Waals surface area (Å²) in [5.41, 5.74) is 2.83. The lowest BCUT2D eigenvalue weighted by Crippen LogP contribution is -1.89. The number of thiazole rings is 1. The number of hydrogen-bond donors (Lipinski definition) is 1. The number of nitrogens with one attached hydrogen (secondary N) is 1. The maximum Gasteiger partial charge on any atom is 0.187 e. The molecule has 0 spiro atoms. The van der Waals surface area contributed by atoms with Crippen LogP contribution in [-0.2, 0) is 0 Å². The van der Waals surface area contributed by atoms with E-state index in [-0.39, 0.29) is 0 Å². The van der Waals surface area contributed by atoms with Crippen LogP contribution in [0.2, 0.25) is 0 Å². The Balaban J connectivity index is 1.82. The van der Waals surface area contributed by atoms with Crippen molar-refractivity contribution in [3.8, 4) is 11.3 Å². The van der Waals surface area contributed by atoms with Gasteiger partial charge in [0.15, 0.2) is 5.13 Å². The summed E-state index contributed by atoms with van der Waals surface area (Å²) in [4.78, 5) is 8.50. The highest BCUT2D eigenvalue weighted by atomic mass is 32.1.